The molecule has 0 bridgehead atoms. The van der Waals surface area contributed by atoms with Crippen LogP contribution in [0.15, 0.2) is 42.9 Å². The molecule has 0 N–H and O–H groups in total. The van der Waals surface area contributed by atoms with Gasteiger partial charge in [0.15, 0.2) is 0 Å². The van der Waals surface area contributed by atoms with Crippen LogP contribution in [-0.2, 0) is 10.0 Å². The van der Waals surface area contributed by atoms with E-state index in [1.807, 2.05) is 6.07 Å². The van der Waals surface area contributed by atoms with Gasteiger partial charge < -0.3 is 4.42 Å². The zero-order chi connectivity index (χ0) is 13.5. The highest BCUT2D eigenvalue weighted by Gasteiger charge is 2.38. The molecule has 1 saturated heterocycles. The second-order valence-corrected chi connectivity index (χ2v) is 8.93. The summed E-state index contributed by atoms with van der Waals surface area (Å²) in [5.74, 6) is 0.719. The number of halogens is 1. The van der Waals surface area contributed by atoms with E-state index in [-0.39, 0.29) is 6.04 Å². The van der Waals surface area contributed by atoms with Crippen LogP contribution in [0.25, 0.3) is 0 Å². The highest BCUT2D eigenvalue weighted by atomic mass is 79.9. The molecule has 0 aromatic carbocycles. The van der Waals surface area contributed by atoms with Gasteiger partial charge in [-0.3, -0.25) is 0 Å². The molecule has 2 aromatic heterocycles. The van der Waals surface area contributed by atoms with Gasteiger partial charge in [-0.1, -0.05) is 0 Å². The molecular formula is C12H12BrNO3S2. The number of furan rings is 1. The van der Waals surface area contributed by atoms with Crippen molar-refractivity contribution in [2.75, 3.05) is 6.54 Å². The molecule has 7 heteroatoms. The van der Waals surface area contributed by atoms with Crippen molar-refractivity contribution >= 4 is 37.3 Å². The molecule has 1 unspecified atom stereocenters. The van der Waals surface area contributed by atoms with E-state index < -0.39 is 10.0 Å². The zero-order valence-electron chi connectivity index (χ0n) is 9.95. The maximum Gasteiger partial charge on any atom is 0.253 e. The van der Waals surface area contributed by atoms with Crippen LogP contribution in [0.3, 0.4) is 0 Å². The number of thiophene rings is 1. The van der Waals surface area contributed by atoms with Crippen LogP contribution in [-0.4, -0.2) is 19.3 Å². The maximum absolute atomic E-state index is 12.6. The Morgan fingerprint density at radius 3 is 2.84 bits per heavy atom. The van der Waals surface area contributed by atoms with Gasteiger partial charge in [0.2, 0.25) is 0 Å². The molecule has 3 rings (SSSR count). The molecular weight excluding hydrogens is 350 g/mol. The van der Waals surface area contributed by atoms with E-state index in [0.29, 0.717) is 10.8 Å². The standard InChI is InChI=1S/C12H12BrNO3S2/c13-11-5-6-12(18-11)19(15,16)14-7-1-3-9(14)10-4-2-8-17-10/h2,4-6,8-9H,1,3,7H2. The van der Waals surface area contributed by atoms with E-state index in [1.54, 1.807) is 28.8 Å². The van der Waals surface area contributed by atoms with Crippen LogP contribution in [0, 0.1) is 0 Å². The van der Waals surface area contributed by atoms with E-state index in [9.17, 15) is 8.42 Å². The summed E-state index contributed by atoms with van der Waals surface area (Å²) in [4.78, 5) is 0. The molecule has 2 aromatic rings. The first-order valence-electron chi connectivity index (χ1n) is 5.89. The summed E-state index contributed by atoms with van der Waals surface area (Å²) >= 11 is 4.54. The third kappa shape index (κ3) is 2.40. The first kappa shape index (κ1) is 13.4. The minimum Gasteiger partial charge on any atom is -0.468 e. The van der Waals surface area contributed by atoms with Gasteiger partial charge in [-0.05, 0) is 53.0 Å². The minimum absolute atomic E-state index is 0.180. The van der Waals surface area contributed by atoms with Crippen molar-refractivity contribution in [2.45, 2.75) is 23.1 Å². The first-order chi connectivity index (χ1) is 9.09. The lowest BCUT2D eigenvalue weighted by atomic mass is 10.2. The van der Waals surface area contributed by atoms with Crippen molar-refractivity contribution in [1.82, 2.24) is 4.31 Å². The average molecular weight is 362 g/mol. The van der Waals surface area contributed by atoms with Gasteiger partial charge in [-0.2, -0.15) is 4.31 Å². The SMILES string of the molecule is O=S(=O)(c1ccc(Br)s1)N1CCCC1c1ccco1. The second kappa shape index (κ2) is 5.05. The molecule has 1 aliphatic rings. The van der Waals surface area contributed by atoms with Gasteiger partial charge in [0.25, 0.3) is 10.0 Å². The summed E-state index contributed by atoms with van der Waals surface area (Å²) in [6.07, 6.45) is 3.25. The van der Waals surface area contributed by atoms with E-state index in [0.717, 1.165) is 22.4 Å². The summed E-state index contributed by atoms with van der Waals surface area (Å²) in [5.41, 5.74) is 0. The van der Waals surface area contributed by atoms with Crippen LogP contribution >= 0.6 is 27.3 Å². The second-order valence-electron chi connectivity index (χ2n) is 4.35. The molecule has 1 atom stereocenters. The lowest BCUT2D eigenvalue weighted by molar-refractivity contribution is 0.340. The summed E-state index contributed by atoms with van der Waals surface area (Å²) < 4.78 is 33.4. The Morgan fingerprint density at radius 1 is 1.37 bits per heavy atom. The topological polar surface area (TPSA) is 50.5 Å². The summed E-state index contributed by atoms with van der Waals surface area (Å²) in [7, 11) is -3.43. The summed E-state index contributed by atoms with van der Waals surface area (Å²) in [6, 6.07) is 6.85. The molecule has 1 fully saturated rings. The highest BCUT2D eigenvalue weighted by molar-refractivity contribution is 9.11. The van der Waals surface area contributed by atoms with Gasteiger partial charge >= 0.3 is 0 Å². The minimum atomic E-state index is -3.43. The largest absolute Gasteiger partial charge is 0.468 e. The number of nitrogens with zero attached hydrogens (tertiary/aromatic N) is 1. The van der Waals surface area contributed by atoms with Crippen molar-refractivity contribution in [2.24, 2.45) is 0 Å². The fourth-order valence-corrected chi connectivity index (χ4v) is 6.15. The van der Waals surface area contributed by atoms with Gasteiger partial charge in [0.05, 0.1) is 16.1 Å². The van der Waals surface area contributed by atoms with Crippen molar-refractivity contribution in [3.8, 4) is 0 Å². The molecule has 4 nitrogen and oxygen atoms in total. The van der Waals surface area contributed by atoms with Crippen LogP contribution < -0.4 is 0 Å². The van der Waals surface area contributed by atoms with E-state index in [2.05, 4.69) is 15.9 Å². The molecule has 1 aliphatic heterocycles. The Labute approximate surface area is 124 Å². The Kier molecular flexibility index (Phi) is 3.55. The Hall–Kier alpha value is -0.630. The zero-order valence-corrected chi connectivity index (χ0v) is 13.2. The maximum atomic E-state index is 12.6. The summed E-state index contributed by atoms with van der Waals surface area (Å²) in [6.45, 7) is 0.545. The van der Waals surface area contributed by atoms with Crippen LogP contribution in [0.5, 0.6) is 0 Å². The van der Waals surface area contributed by atoms with Crippen molar-refractivity contribution in [3.05, 3.63) is 40.1 Å². The predicted octanol–water partition coefficient (Wildman–Crippen LogP) is 3.63. The van der Waals surface area contributed by atoms with Gasteiger partial charge in [-0.25, -0.2) is 8.42 Å². The average Bonchev–Trinajstić information content (AvgIpc) is 3.09. The van der Waals surface area contributed by atoms with E-state index in [4.69, 9.17) is 4.42 Å². The van der Waals surface area contributed by atoms with Gasteiger partial charge in [0.1, 0.15) is 9.97 Å². The molecule has 0 aliphatic carbocycles. The Balaban J connectivity index is 1.96. The lowest BCUT2D eigenvalue weighted by Crippen LogP contribution is -2.29. The van der Waals surface area contributed by atoms with Crippen molar-refractivity contribution < 1.29 is 12.8 Å². The molecule has 102 valence electrons. The van der Waals surface area contributed by atoms with Crippen LogP contribution in [0.1, 0.15) is 24.6 Å². The van der Waals surface area contributed by atoms with Gasteiger partial charge in [0, 0.05) is 6.54 Å². The fraction of sp³-hybridized carbons (Fsp3) is 0.333. The predicted molar refractivity (Wildman–Crippen MR) is 76.6 cm³/mol. The molecule has 0 spiro atoms. The first-order valence-corrected chi connectivity index (χ1v) is 8.94. The summed E-state index contributed by atoms with van der Waals surface area (Å²) in [5, 5.41) is 0. The van der Waals surface area contributed by atoms with Crippen molar-refractivity contribution in [1.29, 1.82) is 0 Å². The Bertz CT molecular complexity index is 663. The van der Waals surface area contributed by atoms with Crippen LogP contribution in [0.2, 0.25) is 0 Å². The number of sulfonamides is 1. The molecule has 19 heavy (non-hydrogen) atoms. The third-order valence-electron chi connectivity index (χ3n) is 3.19. The monoisotopic (exact) mass is 361 g/mol. The smallest absolute Gasteiger partial charge is 0.253 e. The molecule has 3 heterocycles. The molecule has 0 amide bonds. The quantitative estimate of drug-likeness (QED) is 0.838. The lowest BCUT2D eigenvalue weighted by Gasteiger charge is -2.21. The Morgan fingerprint density at radius 2 is 2.21 bits per heavy atom. The van der Waals surface area contributed by atoms with Crippen LogP contribution in [0.4, 0.5) is 0 Å². The third-order valence-corrected chi connectivity index (χ3v) is 7.19. The van der Waals surface area contributed by atoms with Crippen molar-refractivity contribution in [3.63, 3.8) is 0 Å². The van der Waals surface area contributed by atoms with E-state index >= 15 is 0 Å². The van der Waals surface area contributed by atoms with Gasteiger partial charge in [-0.15, -0.1) is 11.3 Å². The fourth-order valence-electron chi connectivity index (χ4n) is 2.34. The number of hydrogen-bond acceptors (Lipinski definition) is 4. The number of hydrogen-bond donors (Lipinski definition) is 0. The normalized spacial score (nSPS) is 21.0. The number of rotatable bonds is 3. The van der Waals surface area contributed by atoms with E-state index in [1.165, 1.54) is 11.3 Å². The highest BCUT2D eigenvalue weighted by Crippen LogP contribution is 2.38. The molecule has 0 radical (unpaired) electrons. The molecule has 0 saturated carbocycles.